The molecule has 2 atom stereocenters. The molecule has 18 heavy (non-hydrogen) atoms. The summed E-state index contributed by atoms with van der Waals surface area (Å²) in [5, 5.41) is 0. The first-order valence-electron chi connectivity index (χ1n) is 7.08. The van der Waals surface area contributed by atoms with Crippen LogP contribution in [-0.2, 0) is 9.53 Å². The molecule has 0 aromatic carbocycles. The van der Waals surface area contributed by atoms with Crippen molar-refractivity contribution in [1.82, 2.24) is 0 Å². The predicted octanol–water partition coefficient (Wildman–Crippen LogP) is 3.37. The van der Waals surface area contributed by atoms with Gasteiger partial charge < -0.3 is 10.5 Å². The molecular weight excluding hydrogens is 226 g/mol. The molecule has 0 radical (unpaired) electrons. The summed E-state index contributed by atoms with van der Waals surface area (Å²) >= 11 is 0. The Hall–Kier alpha value is -0.570. The highest BCUT2D eigenvalue weighted by molar-refractivity contribution is 5.69. The van der Waals surface area contributed by atoms with Gasteiger partial charge >= 0.3 is 5.97 Å². The van der Waals surface area contributed by atoms with Gasteiger partial charge in [0.25, 0.3) is 0 Å². The molecule has 0 aliphatic rings. The molecule has 3 nitrogen and oxygen atoms in total. The zero-order valence-corrected chi connectivity index (χ0v) is 13.0. The first kappa shape index (κ1) is 17.4. The van der Waals surface area contributed by atoms with E-state index < -0.39 is 0 Å². The fourth-order valence-corrected chi connectivity index (χ4v) is 1.65. The Bertz CT molecular complexity index is 243. The normalized spacial score (nSPS) is 15.6. The number of ether oxygens (including phenoxy) is 1. The summed E-state index contributed by atoms with van der Waals surface area (Å²) in [6.07, 6.45) is 2.05. The largest absolute Gasteiger partial charge is 0.462 e. The first-order chi connectivity index (χ1) is 8.18. The smallest absolute Gasteiger partial charge is 0.306 e. The molecule has 108 valence electrons. The molecule has 0 spiro atoms. The second-order valence-corrected chi connectivity index (χ2v) is 6.69. The van der Waals surface area contributed by atoms with Crippen LogP contribution >= 0.6 is 0 Å². The minimum atomic E-state index is -0.115. The van der Waals surface area contributed by atoms with Crippen molar-refractivity contribution in [3.63, 3.8) is 0 Å². The molecule has 0 aliphatic carbocycles. The van der Waals surface area contributed by atoms with Crippen molar-refractivity contribution in [2.24, 2.45) is 23.0 Å². The van der Waals surface area contributed by atoms with E-state index in [2.05, 4.69) is 41.5 Å². The van der Waals surface area contributed by atoms with Crippen LogP contribution in [0, 0.1) is 17.3 Å². The number of esters is 1. The van der Waals surface area contributed by atoms with E-state index in [1.807, 2.05) is 0 Å². The maximum Gasteiger partial charge on any atom is 0.306 e. The maximum atomic E-state index is 11.7. The Kier molecular flexibility index (Phi) is 7.53. The molecule has 0 saturated heterocycles. The highest BCUT2D eigenvalue weighted by atomic mass is 16.5. The Morgan fingerprint density at radius 2 is 1.78 bits per heavy atom. The van der Waals surface area contributed by atoms with Crippen LogP contribution in [-0.4, -0.2) is 18.6 Å². The minimum absolute atomic E-state index is 0.0124. The predicted molar refractivity (Wildman–Crippen MR) is 76.2 cm³/mol. The van der Waals surface area contributed by atoms with Crippen LogP contribution < -0.4 is 5.73 Å². The number of rotatable bonds is 7. The molecule has 0 rings (SSSR count). The third kappa shape index (κ3) is 7.00. The Labute approximate surface area is 112 Å². The SMILES string of the molecule is CC(C)[C@@H](C)C[C@@H](OC(=O)CCCN)C(C)(C)C. The van der Waals surface area contributed by atoms with E-state index in [0.717, 1.165) is 6.42 Å². The highest BCUT2D eigenvalue weighted by Gasteiger charge is 2.30. The van der Waals surface area contributed by atoms with Gasteiger partial charge in [-0.25, -0.2) is 0 Å². The lowest BCUT2D eigenvalue weighted by Gasteiger charge is -2.33. The van der Waals surface area contributed by atoms with Crippen LogP contribution in [0.2, 0.25) is 0 Å². The third-order valence-corrected chi connectivity index (χ3v) is 3.55. The monoisotopic (exact) mass is 257 g/mol. The molecular formula is C15H31NO2. The number of carbonyl (C=O) groups excluding carboxylic acids is 1. The van der Waals surface area contributed by atoms with Crippen molar-refractivity contribution in [3.05, 3.63) is 0 Å². The van der Waals surface area contributed by atoms with Gasteiger partial charge in [0.15, 0.2) is 0 Å². The minimum Gasteiger partial charge on any atom is -0.462 e. The topological polar surface area (TPSA) is 52.3 Å². The quantitative estimate of drug-likeness (QED) is 0.711. The molecule has 0 amide bonds. The zero-order chi connectivity index (χ0) is 14.3. The van der Waals surface area contributed by atoms with Crippen molar-refractivity contribution < 1.29 is 9.53 Å². The second-order valence-electron chi connectivity index (χ2n) is 6.69. The molecule has 0 unspecified atom stereocenters. The molecule has 3 heteroatoms. The Balaban J connectivity index is 4.46. The summed E-state index contributed by atoms with van der Waals surface area (Å²) in [6, 6.07) is 0. The van der Waals surface area contributed by atoms with Gasteiger partial charge in [-0.2, -0.15) is 0 Å². The molecule has 2 N–H and O–H groups in total. The van der Waals surface area contributed by atoms with Gasteiger partial charge in [0.2, 0.25) is 0 Å². The molecule has 0 saturated carbocycles. The van der Waals surface area contributed by atoms with Crippen LogP contribution in [0.3, 0.4) is 0 Å². The van der Waals surface area contributed by atoms with Gasteiger partial charge in [0.05, 0.1) is 0 Å². The van der Waals surface area contributed by atoms with Gasteiger partial charge in [-0.15, -0.1) is 0 Å². The standard InChI is InChI=1S/C15H31NO2/c1-11(2)12(3)10-13(15(4,5)6)18-14(17)8-7-9-16/h11-13H,7-10,16H2,1-6H3/t12-,13+/m0/s1. The van der Waals surface area contributed by atoms with E-state index in [1.54, 1.807) is 0 Å². The molecule has 0 aromatic heterocycles. The van der Waals surface area contributed by atoms with E-state index in [0.29, 0.717) is 31.2 Å². The van der Waals surface area contributed by atoms with Gasteiger partial charge in [0.1, 0.15) is 6.10 Å². The summed E-state index contributed by atoms with van der Waals surface area (Å²) in [7, 11) is 0. The lowest BCUT2D eigenvalue weighted by atomic mass is 9.81. The lowest BCUT2D eigenvalue weighted by molar-refractivity contribution is -0.156. The maximum absolute atomic E-state index is 11.7. The molecule has 0 heterocycles. The van der Waals surface area contributed by atoms with Crippen LogP contribution in [0.5, 0.6) is 0 Å². The van der Waals surface area contributed by atoms with E-state index in [9.17, 15) is 4.79 Å². The van der Waals surface area contributed by atoms with Crippen molar-refractivity contribution >= 4 is 5.97 Å². The fourth-order valence-electron chi connectivity index (χ4n) is 1.65. The van der Waals surface area contributed by atoms with Crippen molar-refractivity contribution in [3.8, 4) is 0 Å². The second kappa shape index (κ2) is 7.78. The van der Waals surface area contributed by atoms with Gasteiger partial charge in [0, 0.05) is 6.42 Å². The van der Waals surface area contributed by atoms with Gasteiger partial charge in [-0.3, -0.25) is 4.79 Å². The average Bonchev–Trinajstić information content (AvgIpc) is 2.23. The van der Waals surface area contributed by atoms with Crippen LogP contribution in [0.15, 0.2) is 0 Å². The van der Waals surface area contributed by atoms with Gasteiger partial charge in [-0.05, 0) is 36.6 Å². The number of nitrogens with two attached hydrogens (primary N) is 1. The number of carbonyl (C=O) groups is 1. The summed E-state index contributed by atoms with van der Waals surface area (Å²) in [5.41, 5.74) is 5.39. The Morgan fingerprint density at radius 3 is 2.17 bits per heavy atom. The van der Waals surface area contributed by atoms with Crippen LogP contribution in [0.1, 0.15) is 60.8 Å². The summed E-state index contributed by atoms with van der Waals surface area (Å²) in [4.78, 5) is 11.7. The molecule has 0 bridgehead atoms. The summed E-state index contributed by atoms with van der Waals surface area (Å²) in [6.45, 7) is 13.6. The Morgan fingerprint density at radius 1 is 1.22 bits per heavy atom. The fraction of sp³-hybridized carbons (Fsp3) is 0.933. The highest BCUT2D eigenvalue weighted by Crippen LogP contribution is 2.30. The molecule has 0 aliphatic heterocycles. The number of hydrogen-bond acceptors (Lipinski definition) is 3. The first-order valence-corrected chi connectivity index (χ1v) is 7.08. The van der Waals surface area contributed by atoms with E-state index in [-0.39, 0.29) is 17.5 Å². The van der Waals surface area contributed by atoms with Crippen molar-refractivity contribution in [2.75, 3.05) is 6.54 Å². The summed E-state index contributed by atoms with van der Waals surface area (Å²) in [5.74, 6) is 1.05. The van der Waals surface area contributed by atoms with Crippen LogP contribution in [0.4, 0.5) is 0 Å². The lowest BCUT2D eigenvalue weighted by Crippen LogP contribution is -2.34. The van der Waals surface area contributed by atoms with E-state index >= 15 is 0 Å². The van der Waals surface area contributed by atoms with Crippen molar-refractivity contribution in [1.29, 1.82) is 0 Å². The molecule has 0 aromatic rings. The summed E-state index contributed by atoms with van der Waals surface area (Å²) < 4.78 is 5.64. The third-order valence-electron chi connectivity index (χ3n) is 3.55. The van der Waals surface area contributed by atoms with Gasteiger partial charge in [-0.1, -0.05) is 41.5 Å². The average molecular weight is 257 g/mol. The molecule has 0 fully saturated rings. The van der Waals surface area contributed by atoms with Crippen LogP contribution in [0.25, 0.3) is 0 Å². The van der Waals surface area contributed by atoms with E-state index in [1.165, 1.54) is 0 Å². The number of hydrogen-bond donors (Lipinski definition) is 1. The van der Waals surface area contributed by atoms with E-state index in [4.69, 9.17) is 10.5 Å². The zero-order valence-electron chi connectivity index (χ0n) is 13.0. The van der Waals surface area contributed by atoms with Crippen molar-refractivity contribution in [2.45, 2.75) is 66.9 Å².